The van der Waals surface area contributed by atoms with Crippen molar-refractivity contribution >= 4 is 5.97 Å². The van der Waals surface area contributed by atoms with E-state index in [0.29, 0.717) is 6.04 Å². The molecule has 0 aromatic carbocycles. The molecule has 2 aliphatic rings. The van der Waals surface area contributed by atoms with Crippen molar-refractivity contribution in [2.45, 2.75) is 57.6 Å². The highest BCUT2D eigenvalue weighted by molar-refractivity contribution is 5.68. The van der Waals surface area contributed by atoms with Crippen molar-refractivity contribution in [3.63, 3.8) is 0 Å². The molecule has 1 saturated heterocycles. The lowest BCUT2D eigenvalue weighted by atomic mass is 9.80. The Balaban J connectivity index is 1.64. The number of aliphatic carboxylic acids is 1. The summed E-state index contributed by atoms with van der Waals surface area (Å²) < 4.78 is 5.36. The zero-order valence-electron chi connectivity index (χ0n) is 11.3. The Bertz CT molecular complexity index is 270. The highest BCUT2D eigenvalue weighted by Gasteiger charge is 2.27. The van der Waals surface area contributed by atoms with Crippen LogP contribution in [0.25, 0.3) is 0 Å². The van der Waals surface area contributed by atoms with Crippen molar-refractivity contribution < 1.29 is 14.6 Å². The standard InChI is InChI=1S/C14H25NO3/c1-11(9-12-3-2-4-12)15-7-5-13(6-8-15)18-10-14(16)17/h11-13H,2-10H2,1H3,(H,16,17). The number of hydrogen-bond donors (Lipinski definition) is 1. The van der Waals surface area contributed by atoms with Crippen LogP contribution in [-0.4, -0.2) is 47.8 Å². The van der Waals surface area contributed by atoms with Crippen molar-refractivity contribution in [1.29, 1.82) is 0 Å². The van der Waals surface area contributed by atoms with Crippen molar-refractivity contribution in [2.75, 3.05) is 19.7 Å². The Morgan fingerprint density at radius 1 is 1.33 bits per heavy atom. The molecule has 0 bridgehead atoms. The molecule has 4 heteroatoms. The third-order valence-electron chi connectivity index (χ3n) is 4.44. The molecule has 1 heterocycles. The zero-order valence-corrected chi connectivity index (χ0v) is 11.3. The van der Waals surface area contributed by atoms with Gasteiger partial charge in [-0.1, -0.05) is 19.3 Å². The summed E-state index contributed by atoms with van der Waals surface area (Å²) in [7, 11) is 0. The molecule has 2 fully saturated rings. The lowest BCUT2D eigenvalue weighted by Gasteiger charge is -2.38. The van der Waals surface area contributed by atoms with Crippen LogP contribution < -0.4 is 0 Å². The fraction of sp³-hybridized carbons (Fsp3) is 0.929. The van der Waals surface area contributed by atoms with Crippen LogP contribution in [0.3, 0.4) is 0 Å². The lowest BCUT2D eigenvalue weighted by Crippen LogP contribution is -2.43. The second-order valence-corrected chi connectivity index (χ2v) is 5.82. The normalized spacial score (nSPS) is 24.7. The van der Waals surface area contributed by atoms with Crippen LogP contribution in [-0.2, 0) is 9.53 Å². The SMILES string of the molecule is CC(CC1CCC1)N1CCC(OCC(=O)O)CC1. The van der Waals surface area contributed by atoms with Gasteiger partial charge in [0.05, 0.1) is 6.10 Å². The van der Waals surface area contributed by atoms with Gasteiger partial charge in [0, 0.05) is 19.1 Å². The van der Waals surface area contributed by atoms with E-state index >= 15 is 0 Å². The van der Waals surface area contributed by atoms with E-state index < -0.39 is 5.97 Å². The third-order valence-corrected chi connectivity index (χ3v) is 4.44. The Hall–Kier alpha value is -0.610. The van der Waals surface area contributed by atoms with Gasteiger partial charge in [0.25, 0.3) is 0 Å². The van der Waals surface area contributed by atoms with Crippen molar-refractivity contribution in [3.8, 4) is 0 Å². The number of nitrogens with zero attached hydrogens (tertiary/aromatic N) is 1. The molecule has 0 spiro atoms. The van der Waals surface area contributed by atoms with Gasteiger partial charge in [-0.2, -0.15) is 0 Å². The topological polar surface area (TPSA) is 49.8 Å². The van der Waals surface area contributed by atoms with Gasteiger partial charge in [-0.15, -0.1) is 0 Å². The summed E-state index contributed by atoms with van der Waals surface area (Å²) in [5.41, 5.74) is 0. The first-order valence-electron chi connectivity index (χ1n) is 7.22. The van der Waals surface area contributed by atoms with E-state index in [1.165, 1.54) is 25.7 Å². The minimum absolute atomic E-state index is 0.147. The highest BCUT2D eigenvalue weighted by atomic mass is 16.5. The number of carboxylic acids is 1. The molecule has 1 unspecified atom stereocenters. The molecule has 104 valence electrons. The highest BCUT2D eigenvalue weighted by Crippen LogP contribution is 2.32. The Morgan fingerprint density at radius 3 is 2.50 bits per heavy atom. The van der Waals surface area contributed by atoms with Crippen LogP contribution in [0.4, 0.5) is 0 Å². The van der Waals surface area contributed by atoms with Gasteiger partial charge in [0.2, 0.25) is 0 Å². The molecule has 1 N–H and O–H groups in total. The zero-order chi connectivity index (χ0) is 13.0. The predicted octanol–water partition coefficient (Wildman–Crippen LogP) is 2.13. The second-order valence-electron chi connectivity index (χ2n) is 5.82. The molecule has 1 saturated carbocycles. The summed E-state index contributed by atoms with van der Waals surface area (Å²) in [6, 6.07) is 0.677. The van der Waals surface area contributed by atoms with Crippen molar-refractivity contribution in [2.24, 2.45) is 5.92 Å². The van der Waals surface area contributed by atoms with Crippen LogP contribution >= 0.6 is 0 Å². The quantitative estimate of drug-likeness (QED) is 0.790. The molecule has 2 rings (SSSR count). The average Bonchev–Trinajstić information content (AvgIpc) is 2.31. The summed E-state index contributed by atoms with van der Waals surface area (Å²) in [5.74, 6) is 0.0942. The summed E-state index contributed by atoms with van der Waals surface area (Å²) >= 11 is 0. The third kappa shape index (κ3) is 3.95. The van der Waals surface area contributed by atoms with E-state index in [1.54, 1.807) is 0 Å². The lowest BCUT2D eigenvalue weighted by molar-refractivity contribution is -0.145. The number of likely N-dealkylation sites (tertiary alicyclic amines) is 1. The molecule has 0 aromatic heterocycles. The number of rotatable bonds is 6. The van der Waals surface area contributed by atoms with E-state index in [-0.39, 0.29) is 12.7 Å². The van der Waals surface area contributed by atoms with Crippen LogP contribution in [0.2, 0.25) is 0 Å². The van der Waals surface area contributed by atoms with Crippen LogP contribution in [0.1, 0.15) is 45.4 Å². The monoisotopic (exact) mass is 255 g/mol. The molecular formula is C14H25NO3. The maximum atomic E-state index is 10.4. The van der Waals surface area contributed by atoms with Gasteiger partial charge in [-0.05, 0) is 32.1 Å². The summed E-state index contributed by atoms with van der Waals surface area (Å²) in [6.45, 7) is 4.29. The van der Waals surface area contributed by atoms with Crippen LogP contribution in [0.5, 0.6) is 0 Å². The fourth-order valence-corrected chi connectivity index (χ4v) is 3.03. The Labute approximate surface area is 109 Å². The predicted molar refractivity (Wildman–Crippen MR) is 69.6 cm³/mol. The van der Waals surface area contributed by atoms with Gasteiger partial charge in [-0.25, -0.2) is 4.79 Å². The number of ether oxygens (including phenoxy) is 1. The van der Waals surface area contributed by atoms with Gasteiger partial charge >= 0.3 is 5.97 Å². The van der Waals surface area contributed by atoms with Crippen LogP contribution in [0, 0.1) is 5.92 Å². The van der Waals surface area contributed by atoms with E-state index in [2.05, 4.69) is 11.8 Å². The van der Waals surface area contributed by atoms with Crippen molar-refractivity contribution in [3.05, 3.63) is 0 Å². The largest absolute Gasteiger partial charge is 0.480 e. The molecule has 4 nitrogen and oxygen atoms in total. The smallest absolute Gasteiger partial charge is 0.329 e. The van der Waals surface area contributed by atoms with Gasteiger partial charge in [0.1, 0.15) is 6.61 Å². The molecule has 0 radical (unpaired) electrons. The maximum absolute atomic E-state index is 10.4. The molecule has 1 aliphatic heterocycles. The first-order chi connectivity index (χ1) is 8.65. The molecule has 0 amide bonds. The number of piperidine rings is 1. The first kappa shape index (κ1) is 13.8. The number of hydrogen-bond acceptors (Lipinski definition) is 3. The molecule has 1 atom stereocenters. The molecule has 0 aromatic rings. The Morgan fingerprint density at radius 2 is 2.00 bits per heavy atom. The molecule has 18 heavy (non-hydrogen) atoms. The van der Waals surface area contributed by atoms with E-state index in [9.17, 15) is 4.79 Å². The van der Waals surface area contributed by atoms with Gasteiger partial charge in [-0.3, -0.25) is 0 Å². The van der Waals surface area contributed by atoms with Crippen LogP contribution in [0.15, 0.2) is 0 Å². The van der Waals surface area contributed by atoms with Crippen molar-refractivity contribution in [1.82, 2.24) is 4.90 Å². The molecular weight excluding hydrogens is 230 g/mol. The van der Waals surface area contributed by atoms with E-state index in [0.717, 1.165) is 31.8 Å². The minimum Gasteiger partial charge on any atom is -0.480 e. The van der Waals surface area contributed by atoms with Gasteiger partial charge < -0.3 is 14.7 Å². The number of carbonyl (C=O) groups is 1. The van der Waals surface area contributed by atoms with E-state index in [1.807, 2.05) is 0 Å². The average molecular weight is 255 g/mol. The second kappa shape index (κ2) is 6.53. The van der Waals surface area contributed by atoms with Gasteiger partial charge in [0.15, 0.2) is 0 Å². The van der Waals surface area contributed by atoms with E-state index in [4.69, 9.17) is 9.84 Å². The number of carboxylic acid groups (broad SMARTS) is 1. The molecule has 1 aliphatic carbocycles. The first-order valence-corrected chi connectivity index (χ1v) is 7.22. The summed E-state index contributed by atoms with van der Waals surface area (Å²) in [6.07, 6.45) is 7.69. The summed E-state index contributed by atoms with van der Waals surface area (Å²) in [5, 5.41) is 8.58. The fourth-order valence-electron chi connectivity index (χ4n) is 3.03. The minimum atomic E-state index is -0.865. The summed E-state index contributed by atoms with van der Waals surface area (Å²) in [4.78, 5) is 13.0. The maximum Gasteiger partial charge on any atom is 0.329 e. The Kier molecular flexibility index (Phi) is 5.01.